The Labute approximate surface area is 128 Å². The van der Waals surface area contributed by atoms with Crippen molar-refractivity contribution in [3.8, 4) is 5.75 Å². The van der Waals surface area contributed by atoms with Crippen LogP contribution in [-0.4, -0.2) is 18.7 Å². The van der Waals surface area contributed by atoms with Gasteiger partial charge in [0.15, 0.2) is 0 Å². The smallest absolute Gasteiger partial charge is 0.121 e. The lowest BCUT2D eigenvalue weighted by Crippen LogP contribution is -2.29. The third-order valence-electron chi connectivity index (χ3n) is 4.93. The van der Waals surface area contributed by atoms with Gasteiger partial charge in [0.1, 0.15) is 5.75 Å². The third-order valence-corrected chi connectivity index (χ3v) is 4.93. The average Bonchev–Trinajstić information content (AvgIpc) is 3.00. The van der Waals surface area contributed by atoms with Crippen LogP contribution >= 0.6 is 0 Å². The SMILES string of the molecule is NC1CCC(CNc2cccc(OC3CCCC3)c2)CC1. The summed E-state index contributed by atoms with van der Waals surface area (Å²) >= 11 is 0. The summed E-state index contributed by atoms with van der Waals surface area (Å²) in [5, 5.41) is 3.57. The molecule has 0 aromatic heterocycles. The van der Waals surface area contributed by atoms with Crippen molar-refractivity contribution in [3.63, 3.8) is 0 Å². The van der Waals surface area contributed by atoms with Gasteiger partial charge in [0, 0.05) is 24.3 Å². The normalized spacial score (nSPS) is 26.7. The lowest BCUT2D eigenvalue weighted by atomic mass is 9.86. The first-order valence-electron chi connectivity index (χ1n) is 8.56. The van der Waals surface area contributed by atoms with Gasteiger partial charge in [-0.25, -0.2) is 0 Å². The molecule has 0 heterocycles. The minimum Gasteiger partial charge on any atom is -0.490 e. The quantitative estimate of drug-likeness (QED) is 0.863. The fraction of sp³-hybridized carbons (Fsp3) is 0.667. The van der Waals surface area contributed by atoms with E-state index in [0.29, 0.717) is 12.1 Å². The van der Waals surface area contributed by atoms with Crippen LogP contribution in [0.2, 0.25) is 0 Å². The van der Waals surface area contributed by atoms with Crippen molar-refractivity contribution in [2.75, 3.05) is 11.9 Å². The van der Waals surface area contributed by atoms with Gasteiger partial charge < -0.3 is 15.8 Å². The van der Waals surface area contributed by atoms with E-state index >= 15 is 0 Å². The maximum absolute atomic E-state index is 6.07. The van der Waals surface area contributed by atoms with Crippen molar-refractivity contribution in [2.45, 2.75) is 63.5 Å². The maximum atomic E-state index is 6.07. The van der Waals surface area contributed by atoms with Gasteiger partial charge in [0.05, 0.1) is 6.10 Å². The molecule has 3 rings (SSSR count). The Morgan fingerprint density at radius 1 is 1.05 bits per heavy atom. The molecule has 0 unspecified atom stereocenters. The number of ether oxygens (including phenoxy) is 1. The molecule has 0 bridgehead atoms. The molecule has 1 aromatic rings. The molecule has 3 heteroatoms. The van der Waals surface area contributed by atoms with Gasteiger partial charge in [-0.2, -0.15) is 0 Å². The maximum Gasteiger partial charge on any atom is 0.121 e. The van der Waals surface area contributed by atoms with Crippen molar-refractivity contribution < 1.29 is 4.74 Å². The molecule has 2 fully saturated rings. The first-order valence-corrected chi connectivity index (χ1v) is 8.56. The van der Waals surface area contributed by atoms with Gasteiger partial charge in [0.25, 0.3) is 0 Å². The molecule has 0 radical (unpaired) electrons. The third kappa shape index (κ3) is 4.37. The molecule has 2 aliphatic rings. The summed E-state index contributed by atoms with van der Waals surface area (Å²) in [5.74, 6) is 1.78. The predicted molar refractivity (Wildman–Crippen MR) is 87.7 cm³/mol. The molecule has 2 saturated carbocycles. The highest BCUT2D eigenvalue weighted by atomic mass is 16.5. The summed E-state index contributed by atoms with van der Waals surface area (Å²) in [6.07, 6.45) is 10.3. The molecule has 2 aliphatic carbocycles. The van der Waals surface area contributed by atoms with Crippen LogP contribution in [-0.2, 0) is 0 Å². The number of anilines is 1. The second kappa shape index (κ2) is 7.17. The van der Waals surface area contributed by atoms with E-state index < -0.39 is 0 Å². The number of hydrogen-bond acceptors (Lipinski definition) is 3. The van der Waals surface area contributed by atoms with Crippen molar-refractivity contribution in [3.05, 3.63) is 24.3 Å². The van der Waals surface area contributed by atoms with E-state index in [0.717, 1.165) is 18.2 Å². The van der Waals surface area contributed by atoms with Crippen LogP contribution in [0.5, 0.6) is 5.75 Å². The molecule has 0 atom stereocenters. The monoisotopic (exact) mass is 288 g/mol. The molecule has 3 N–H and O–H groups in total. The second-order valence-electron chi connectivity index (χ2n) is 6.71. The van der Waals surface area contributed by atoms with E-state index in [1.54, 1.807) is 0 Å². The summed E-state index contributed by atoms with van der Waals surface area (Å²) in [6, 6.07) is 8.87. The summed E-state index contributed by atoms with van der Waals surface area (Å²) in [6.45, 7) is 1.06. The van der Waals surface area contributed by atoms with Crippen molar-refractivity contribution in [2.24, 2.45) is 11.7 Å². The van der Waals surface area contributed by atoms with Crippen LogP contribution < -0.4 is 15.8 Å². The van der Waals surface area contributed by atoms with Crippen LogP contribution in [0.1, 0.15) is 51.4 Å². The van der Waals surface area contributed by atoms with Gasteiger partial charge >= 0.3 is 0 Å². The number of nitrogens with one attached hydrogen (secondary N) is 1. The topological polar surface area (TPSA) is 47.3 Å². The Morgan fingerprint density at radius 2 is 1.81 bits per heavy atom. The van der Waals surface area contributed by atoms with E-state index in [-0.39, 0.29) is 0 Å². The highest BCUT2D eigenvalue weighted by Gasteiger charge is 2.18. The van der Waals surface area contributed by atoms with Crippen LogP contribution in [0, 0.1) is 5.92 Å². The number of hydrogen-bond donors (Lipinski definition) is 2. The standard InChI is InChI=1S/C18H28N2O/c19-15-10-8-14(9-11-15)13-20-16-4-3-7-18(12-16)21-17-5-1-2-6-17/h3-4,7,12,14-15,17,20H,1-2,5-6,8-11,13,19H2. The number of rotatable bonds is 5. The van der Waals surface area contributed by atoms with Gasteiger partial charge in [0.2, 0.25) is 0 Å². The van der Waals surface area contributed by atoms with Gasteiger partial charge in [-0.05, 0) is 69.4 Å². The van der Waals surface area contributed by atoms with Crippen LogP contribution in [0.4, 0.5) is 5.69 Å². The molecule has 116 valence electrons. The zero-order valence-corrected chi connectivity index (χ0v) is 12.9. The van der Waals surface area contributed by atoms with E-state index in [4.69, 9.17) is 10.5 Å². The van der Waals surface area contributed by atoms with E-state index in [2.05, 4.69) is 29.6 Å². The largest absolute Gasteiger partial charge is 0.490 e. The van der Waals surface area contributed by atoms with Crippen molar-refractivity contribution >= 4 is 5.69 Å². The van der Waals surface area contributed by atoms with Crippen LogP contribution in [0.15, 0.2) is 24.3 Å². The van der Waals surface area contributed by atoms with Crippen molar-refractivity contribution in [1.82, 2.24) is 0 Å². The summed E-state index contributed by atoms with van der Waals surface area (Å²) in [4.78, 5) is 0. The molecule has 21 heavy (non-hydrogen) atoms. The van der Waals surface area contributed by atoms with Gasteiger partial charge in [-0.3, -0.25) is 0 Å². The lowest BCUT2D eigenvalue weighted by Gasteiger charge is -2.26. The molecule has 0 amide bonds. The molecule has 3 nitrogen and oxygen atoms in total. The second-order valence-corrected chi connectivity index (χ2v) is 6.71. The summed E-state index contributed by atoms with van der Waals surface area (Å²) < 4.78 is 6.07. The first-order chi connectivity index (χ1) is 10.3. The van der Waals surface area contributed by atoms with E-state index in [9.17, 15) is 0 Å². The minimum absolute atomic E-state index is 0.431. The molecule has 1 aromatic carbocycles. The molecular weight excluding hydrogens is 260 g/mol. The lowest BCUT2D eigenvalue weighted by molar-refractivity contribution is 0.210. The van der Waals surface area contributed by atoms with Gasteiger partial charge in [-0.1, -0.05) is 6.07 Å². The molecular formula is C18H28N2O. The van der Waals surface area contributed by atoms with Crippen LogP contribution in [0.3, 0.4) is 0 Å². The van der Waals surface area contributed by atoms with Gasteiger partial charge in [-0.15, -0.1) is 0 Å². The highest BCUT2D eigenvalue weighted by Crippen LogP contribution is 2.27. The summed E-state index contributed by atoms with van der Waals surface area (Å²) in [7, 11) is 0. The zero-order valence-electron chi connectivity index (χ0n) is 12.9. The fourth-order valence-corrected chi connectivity index (χ4v) is 3.53. The fourth-order valence-electron chi connectivity index (χ4n) is 3.53. The first kappa shape index (κ1) is 14.7. The highest BCUT2D eigenvalue weighted by molar-refractivity contribution is 5.48. The van der Waals surface area contributed by atoms with E-state index in [1.165, 1.54) is 57.1 Å². The van der Waals surface area contributed by atoms with Crippen molar-refractivity contribution in [1.29, 1.82) is 0 Å². The molecule has 0 saturated heterocycles. The molecule has 0 aliphatic heterocycles. The van der Waals surface area contributed by atoms with E-state index in [1.807, 2.05) is 0 Å². The Hall–Kier alpha value is -1.22. The molecule has 0 spiro atoms. The Balaban J connectivity index is 1.48. The Morgan fingerprint density at radius 3 is 2.57 bits per heavy atom. The number of benzene rings is 1. The summed E-state index contributed by atoms with van der Waals surface area (Å²) in [5.41, 5.74) is 7.15. The Kier molecular flexibility index (Phi) is 5.02. The predicted octanol–water partition coefficient (Wildman–Crippen LogP) is 3.94. The minimum atomic E-state index is 0.431. The number of nitrogens with two attached hydrogens (primary N) is 1. The van der Waals surface area contributed by atoms with Crippen LogP contribution in [0.25, 0.3) is 0 Å². The average molecular weight is 288 g/mol. The zero-order chi connectivity index (χ0) is 14.5. The Bertz CT molecular complexity index is 435.